The summed E-state index contributed by atoms with van der Waals surface area (Å²) in [5, 5.41) is 10.3. The lowest BCUT2D eigenvalue weighted by atomic mass is 9.89. The van der Waals surface area contributed by atoms with Gasteiger partial charge in [0, 0.05) is 6.61 Å². The van der Waals surface area contributed by atoms with Crippen LogP contribution in [0.3, 0.4) is 0 Å². The molecule has 0 bridgehead atoms. The van der Waals surface area contributed by atoms with Gasteiger partial charge in [-0.05, 0) is 68.1 Å². The van der Waals surface area contributed by atoms with E-state index in [-0.39, 0.29) is 6.10 Å². The van der Waals surface area contributed by atoms with Gasteiger partial charge in [-0.15, -0.1) is 0 Å². The van der Waals surface area contributed by atoms with Crippen molar-refractivity contribution in [2.24, 2.45) is 0 Å². The van der Waals surface area contributed by atoms with Gasteiger partial charge in [0.2, 0.25) is 0 Å². The summed E-state index contributed by atoms with van der Waals surface area (Å²) in [6, 6.07) is 6.57. The summed E-state index contributed by atoms with van der Waals surface area (Å²) in [5.74, 6) is 0. The second-order valence-corrected chi connectivity index (χ2v) is 5.96. The Hall–Kier alpha value is -0.860. The second-order valence-electron chi connectivity index (χ2n) is 5.96. The van der Waals surface area contributed by atoms with E-state index < -0.39 is 0 Å². The Morgan fingerprint density at radius 3 is 2.79 bits per heavy atom. The van der Waals surface area contributed by atoms with Crippen molar-refractivity contribution >= 4 is 0 Å². The molecule has 1 aromatic carbocycles. The normalized spacial score (nSPS) is 24.2. The molecule has 0 spiro atoms. The van der Waals surface area contributed by atoms with E-state index in [0.717, 1.165) is 31.4 Å². The van der Waals surface area contributed by atoms with E-state index in [1.165, 1.54) is 43.2 Å². The van der Waals surface area contributed by atoms with Crippen LogP contribution in [0.4, 0.5) is 0 Å². The number of aliphatic hydroxyl groups is 1. The number of ether oxygens (including phenoxy) is 1. The third-order valence-electron chi connectivity index (χ3n) is 4.54. The zero-order valence-corrected chi connectivity index (χ0v) is 11.6. The molecule has 1 heterocycles. The molecule has 2 aliphatic rings. The van der Waals surface area contributed by atoms with E-state index in [9.17, 15) is 5.11 Å². The van der Waals surface area contributed by atoms with Gasteiger partial charge in [0.1, 0.15) is 0 Å². The fourth-order valence-corrected chi connectivity index (χ4v) is 3.34. The Balaban J connectivity index is 1.60. The van der Waals surface area contributed by atoms with Crippen LogP contribution in [0, 0.1) is 0 Å². The molecule has 1 aliphatic carbocycles. The lowest BCUT2D eigenvalue weighted by molar-refractivity contribution is 0.0812. The first-order chi connectivity index (χ1) is 9.33. The number of hydrogen-bond acceptors (Lipinski definition) is 2. The Kier molecular flexibility index (Phi) is 4.19. The first-order valence-electron chi connectivity index (χ1n) is 7.74. The van der Waals surface area contributed by atoms with Crippen molar-refractivity contribution in [3.05, 3.63) is 34.9 Å². The Labute approximate surface area is 115 Å². The summed E-state index contributed by atoms with van der Waals surface area (Å²) >= 11 is 0. The van der Waals surface area contributed by atoms with E-state index in [1.54, 1.807) is 0 Å². The van der Waals surface area contributed by atoms with Gasteiger partial charge in [-0.3, -0.25) is 0 Å². The quantitative estimate of drug-likeness (QED) is 0.897. The maximum Gasteiger partial charge on any atom is 0.0791 e. The number of aliphatic hydroxyl groups excluding tert-OH is 1. The Morgan fingerprint density at radius 1 is 1.16 bits per heavy atom. The number of aryl methyl sites for hydroxylation is 2. The maximum absolute atomic E-state index is 10.3. The molecule has 1 saturated heterocycles. The van der Waals surface area contributed by atoms with Crippen molar-refractivity contribution in [1.82, 2.24) is 0 Å². The lowest BCUT2D eigenvalue weighted by Gasteiger charge is -2.19. The molecule has 1 aliphatic heterocycles. The first-order valence-corrected chi connectivity index (χ1v) is 7.74. The zero-order chi connectivity index (χ0) is 13.1. The predicted molar refractivity (Wildman–Crippen MR) is 76.3 cm³/mol. The van der Waals surface area contributed by atoms with Gasteiger partial charge in [0.15, 0.2) is 0 Å². The minimum absolute atomic E-state index is 0.323. The third-order valence-corrected chi connectivity index (χ3v) is 4.54. The van der Waals surface area contributed by atoms with Crippen molar-refractivity contribution in [1.29, 1.82) is 0 Å². The molecule has 104 valence electrons. The average Bonchev–Trinajstić information content (AvgIpc) is 2.97. The molecule has 0 radical (unpaired) electrons. The minimum Gasteiger partial charge on any atom is -0.388 e. The molecule has 2 nitrogen and oxygen atoms in total. The lowest BCUT2D eigenvalue weighted by Crippen LogP contribution is -2.09. The minimum atomic E-state index is -0.323. The van der Waals surface area contributed by atoms with E-state index in [2.05, 4.69) is 18.2 Å². The number of hydrogen-bond donors (Lipinski definition) is 1. The fraction of sp³-hybridized carbons (Fsp3) is 0.647. The van der Waals surface area contributed by atoms with E-state index in [1.807, 2.05) is 0 Å². The molecule has 3 rings (SSSR count). The van der Waals surface area contributed by atoms with Crippen LogP contribution in [0.2, 0.25) is 0 Å². The molecular weight excluding hydrogens is 236 g/mol. The molecule has 1 aromatic rings. The molecule has 2 heteroatoms. The third kappa shape index (κ3) is 3.18. The summed E-state index contributed by atoms with van der Waals surface area (Å²) in [5.41, 5.74) is 4.04. The van der Waals surface area contributed by atoms with Crippen molar-refractivity contribution < 1.29 is 9.84 Å². The molecular formula is C17H24O2. The molecule has 1 N–H and O–H groups in total. The highest BCUT2D eigenvalue weighted by atomic mass is 16.5. The van der Waals surface area contributed by atoms with E-state index in [4.69, 9.17) is 4.74 Å². The average molecular weight is 260 g/mol. The van der Waals surface area contributed by atoms with Crippen LogP contribution >= 0.6 is 0 Å². The standard InChI is InChI=1S/C17H24O2/c18-17(10-9-16-6-3-11-19-16)15-8-7-13-4-1-2-5-14(13)12-15/h7-8,12,16-18H,1-6,9-11H2. The van der Waals surface area contributed by atoms with Crippen LogP contribution in [0.15, 0.2) is 18.2 Å². The molecule has 2 atom stereocenters. The SMILES string of the molecule is OC(CCC1CCCO1)c1ccc2c(c1)CCCC2. The monoisotopic (exact) mass is 260 g/mol. The summed E-state index contributed by atoms with van der Waals surface area (Å²) < 4.78 is 5.62. The molecule has 1 fully saturated rings. The Bertz CT molecular complexity index is 421. The molecule has 19 heavy (non-hydrogen) atoms. The number of fused-ring (bicyclic) bond motifs is 1. The van der Waals surface area contributed by atoms with Crippen LogP contribution in [-0.4, -0.2) is 17.8 Å². The van der Waals surface area contributed by atoms with Crippen LogP contribution in [0.1, 0.15) is 61.3 Å². The molecule has 0 saturated carbocycles. The molecule has 0 aromatic heterocycles. The zero-order valence-electron chi connectivity index (χ0n) is 11.6. The summed E-state index contributed by atoms with van der Waals surface area (Å²) in [6.45, 7) is 0.902. The van der Waals surface area contributed by atoms with Crippen LogP contribution in [0.5, 0.6) is 0 Å². The predicted octanol–water partition coefficient (Wildman–Crippen LogP) is 3.56. The second kappa shape index (κ2) is 6.06. The van der Waals surface area contributed by atoms with Gasteiger partial charge in [-0.2, -0.15) is 0 Å². The summed E-state index contributed by atoms with van der Waals surface area (Å²) in [6.07, 6.45) is 9.21. The molecule has 2 unspecified atom stereocenters. The Morgan fingerprint density at radius 2 is 2.00 bits per heavy atom. The van der Waals surface area contributed by atoms with E-state index in [0.29, 0.717) is 6.10 Å². The van der Waals surface area contributed by atoms with Gasteiger partial charge < -0.3 is 9.84 Å². The highest BCUT2D eigenvalue weighted by Gasteiger charge is 2.18. The van der Waals surface area contributed by atoms with Crippen molar-refractivity contribution in [3.63, 3.8) is 0 Å². The van der Waals surface area contributed by atoms with Crippen molar-refractivity contribution in [2.75, 3.05) is 6.61 Å². The van der Waals surface area contributed by atoms with Gasteiger partial charge in [-0.25, -0.2) is 0 Å². The van der Waals surface area contributed by atoms with Crippen molar-refractivity contribution in [2.45, 2.75) is 63.6 Å². The largest absolute Gasteiger partial charge is 0.388 e. The number of benzene rings is 1. The first kappa shape index (κ1) is 13.1. The highest BCUT2D eigenvalue weighted by molar-refractivity contribution is 5.34. The topological polar surface area (TPSA) is 29.5 Å². The highest BCUT2D eigenvalue weighted by Crippen LogP contribution is 2.28. The number of rotatable bonds is 4. The van der Waals surface area contributed by atoms with Gasteiger partial charge >= 0.3 is 0 Å². The summed E-state index contributed by atoms with van der Waals surface area (Å²) in [4.78, 5) is 0. The van der Waals surface area contributed by atoms with Crippen LogP contribution in [-0.2, 0) is 17.6 Å². The van der Waals surface area contributed by atoms with Crippen molar-refractivity contribution in [3.8, 4) is 0 Å². The van der Waals surface area contributed by atoms with Gasteiger partial charge in [0.05, 0.1) is 12.2 Å². The van der Waals surface area contributed by atoms with Crippen LogP contribution in [0.25, 0.3) is 0 Å². The smallest absolute Gasteiger partial charge is 0.0791 e. The van der Waals surface area contributed by atoms with Gasteiger partial charge in [0.25, 0.3) is 0 Å². The van der Waals surface area contributed by atoms with Crippen LogP contribution < -0.4 is 0 Å². The van der Waals surface area contributed by atoms with E-state index >= 15 is 0 Å². The molecule has 0 amide bonds. The summed E-state index contributed by atoms with van der Waals surface area (Å²) in [7, 11) is 0. The fourth-order valence-electron chi connectivity index (χ4n) is 3.34. The van der Waals surface area contributed by atoms with Gasteiger partial charge in [-0.1, -0.05) is 18.2 Å². The maximum atomic E-state index is 10.3.